The molecule has 30 heavy (non-hydrogen) atoms. The normalized spacial score (nSPS) is 13.2. The molecule has 1 amide bonds. The quantitative estimate of drug-likeness (QED) is 0.573. The van der Waals surface area contributed by atoms with Gasteiger partial charge in [-0.15, -0.1) is 0 Å². The number of amides is 1. The highest BCUT2D eigenvalue weighted by molar-refractivity contribution is 6.11. The van der Waals surface area contributed by atoms with Crippen molar-refractivity contribution in [2.24, 2.45) is 7.05 Å². The number of imidazole rings is 1. The predicted octanol–water partition coefficient (Wildman–Crippen LogP) is 3.39. The average molecular weight is 399 g/mol. The van der Waals surface area contributed by atoms with Gasteiger partial charge in [0.1, 0.15) is 5.82 Å². The van der Waals surface area contributed by atoms with E-state index in [4.69, 9.17) is 4.98 Å². The molecule has 7 nitrogen and oxygen atoms in total. The number of hydrogen-bond donors (Lipinski definition) is 1. The molecule has 0 unspecified atom stereocenters. The monoisotopic (exact) mass is 399 g/mol. The number of aryl methyl sites for hydroxylation is 3. The number of nitrogens with one attached hydrogen (secondary N) is 1. The van der Waals surface area contributed by atoms with Crippen molar-refractivity contribution in [2.75, 3.05) is 5.32 Å². The fourth-order valence-electron chi connectivity index (χ4n) is 3.93. The molecule has 0 atom stereocenters. The molecule has 0 saturated heterocycles. The molecule has 0 aliphatic carbocycles. The second kappa shape index (κ2) is 7.26. The van der Waals surface area contributed by atoms with Crippen LogP contribution in [0.4, 0.5) is 5.69 Å². The van der Waals surface area contributed by atoms with Crippen LogP contribution in [0.3, 0.4) is 0 Å². The molecule has 5 rings (SSSR count). The standard InChI is InChI=1S/C23H21N5O2/c1-27-23(30)18-7-3-2-6-17(18)21(26-27)22(29)24-16-11-9-15(10-12-16)19-14-28-13-5-4-8-20(28)25-19/h2-3,6-7,9-12,14H,4-5,8,13H2,1H3,(H,24,29). The van der Waals surface area contributed by atoms with Gasteiger partial charge in [-0.3, -0.25) is 9.59 Å². The first-order valence-electron chi connectivity index (χ1n) is 10.0. The van der Waals surface area contributed by atoms with Gasteiger partial charge in [0.25, 0.3) is 11.5 Å². The highest BCUT2D eigenvalue weighted by atomic mass is 16.2. The minimum atomic E-state index is -0.355. The van der Waals surface area contributed by atoms with Gasteiger partial charge in [-0.1, -0.05) is 30.3 Å². The maximum absolute atomic E-state index is 12.9. The van der Waals surface area contributed by atoms with Gasteiger partial charge in [-0.2, -0.15) is 5.10 Å². The van der Waals surface area contributed by atoms with Gasteiger partial charge in [0.05, 0.1) is 11.1 Å². The summed E-state index contributed by atoms with van der Waals surface area (Å²) in [6.07, 6.45) is 5.51. The predicted molar refractivity (Wildman–Crippen MR) is 116 cm³/mol. The zero-order valence-electron chi connectivity index (χ0n) is 16.6. The lowest BCUT2D eigenvalue weighted by Gasteiger charge is -2.11. The first-order valence-corrected chi connectivity index (χ1v) is 10.0. The number of aromatic nitrogens is 4. The molecule has 2 aromatic carbocycles. The average Bonchev–Trinajstić information content (AvgIpc) is 3.21. The van der Waals surface area contributed by atoms with E-state index in [9.17, 15) is 9.59 Å². The Morgan fingerprint density at radius 3 is 2.57 bits per heavy atom. The summed E-state index contributed by atoms with van der Waals surface area (Å²) < 4.78 is 3.42. The van der Waals surface area contributed by atoms with Crippen molar-refractivity contribution in [1.82, 2.24) is 19.3 Å². The zero-order chi connectivity index (χ0) is 20.7. The van der Waals surface area contributed by atoms with E-state index in [1.54, 1.807) is 31.3 Å². The second-order valence-electron chi connectivity index (χ2n) is 7.55. The van der Waals surface area contributed by atoms with Crippen molar-refractivity contribution in [3.05, 3.63) is 76.6 Å². The van der Waals surface area contributed by atoms with E-state index < -0.39 is 0 Å². The molecule has 1 N–H and O–H groups in total. The molecule has 2 aromatic heterocycles. The molecule has 1 aliphatic rings. The van der Waals surface area contributed by atoms with Crippen molar-refractivity contribution >= 4 is 22.4 Å². The Morgan fingerprint density at radius 1 is 1.03 bits per heavy atom. The lowest BCUT2D eigenvalue weighted by atomic mass is 10.1. The van der Waals surface area contributed by atoms with E-state index in [0.717, 1.165) is 30.0 Å². The van der Waals surface area contributed by atoms with Gasteiger partial charge in [-0.05, 0) is 31.0 Å². The van der Waals surface area contributed by atoms with Crippen molar-refractivity contribution in [2.45, 2.75) is 25.8 Å². The van der Waals surface area contributed by atoms with Crippen molar-refractivity contribution in [3.63, 3.8) is 0 Å². The number of rotatable bonds is 3. The summed E-state index contributed by atoms with van der Waals surface area (Å²) in [5.74, 6) is 0.785. The summed E-state index contributed by atoms with van der Waals surface area (Å²) in [5, 5.41) is 8.07. The van der Waals surface area contributed by atoms with Crippen LogP contribution in [-0.4, -0.2) is 25.2 Å². The zero-order valence-corrected chi connectivity index (χ0v) is 16.6. The summed E-state index contributed by atoms with van der Waals surface area (Å²) in [5.41, 5.74) is 2.62. The highest BCUT2D eigenvalue weighted by Crippen LogP contribution is 2.24. The van der Waals surface area contributed by atoms with E-state index in [1.807, 2.05) is 24.3 Å². The number of nitrogens with zero attached hydrogens (tertiary/aromatic N) is 4. The summed E-state index contributed by atoms with van der Waals surface area (Å²) >= 11 is 0. The number of fused-ring (bicyclic) bond motifs is 2. The number of benzene rings is 2. The number of hydrogen-bond acceptors (Lipinski definition) is 4. The fraction of sp³-hybridized carbons (Fsp3) is 0.217. The lowest BCUT2D eigenvalue weighted by molar-refractivity contribution is 0.102. The van der Waals surface area contributed by atoms with E-state index in [0.29, 0.717) is 16.5 Å². The third-order valence-electron chi connectivity index (χ3n) is 5.52. The summed E-state index contributed by atoms with van der Waals surface area (Å²) in [7, 11) is 1.55. The van der Waals surface area contributed by atoms with Crippen LogP contribution in [0.5, 0.6) is 0 Å². The highest BCUT2D eigenvalue weighted by Gasteiger charge is 2.16. The van der Waals surface area contributed by atoms with Crippen molar-refractivity contribution in [3.8, 4) is 11.3 Å². The van der Waals surface area contributed by atoms with Gasteiger partial charge >= 0.3 is 0 Å². The Hall–Kier alpha value is -3.74. The summed E-state index contributed by atoms with van der Waals surface area (Å²) in [4.78, 5) is 29.9. The van der Waals surface area contributed by atoms with Gasteiger partial charge < -0.3 is 9.88 Å². The molecule has 0 saturated carbocycles. The van der Waals surface area contributed by atoms with Crippen LogP contribution in [0.1, 0.15) is 29.2 Å². The number of carbonyl (C=O) groups excluding carboxylic acids is 1. The van der Waals surface area contributed by atoms with Gasteiger partial charge in [0, 0.05) is 42.8 Å². The molecule has 7 heteroatoms. The second-order valence-corrected chi connectivity index (χ2v) is 7.55. The van der Waals surface area contributed by atoms with Gasteiger partial charge in [0.15, 0.2) is 5.69 Å². The summed E-state index contributed by atoms with van der Waals surface area (Å²) in [6, 6.07) is 14.6. The molecule has 0 spiro atoms. The van der Waals surface area contributed by atoms with E-state index in [2.05, 4.69) is 21.2 Å². The molecular weight excluding hydrogens is 378 g/mol. The lowest BCUT2D eigenvalue weighted by Crippen LogP contribution is -2.25. The third-order valence-corrected chi connectivity index (χ3v) is 5.52. The van der Waals surface area contributed by atoms with Gasteiger partial charge in [0.2, 0.25) is 0 Å². The molecule has 0 fully saturated rings. The smallest absolute Gasteiger partial charge is 0.276 e. The Kier molecular flexibility index (Phi) is 4.43. The largest absolute Gasteiger partial charge is 0.334 e. The Labute approximate surface area is 173 Å². The Bertz CT molecular complexity index is 1290. The minimum absolute atomic E-state index is 0.221. The SMILES string of the molecule is Cn1nc(C(=O)Nc2ccc(-c3cn4c(n3)CCCC4)cc2)c2ccccc2c1=O. The van der Waals surface area contributed by atoms with Crippen LogP contribution < -0.4 is 10.9 Å². The molecule has 0 bridgehead atoms. The van der Waals surface area contributed by atoms with Crippen LogP contribution in [0, 0.1) is 0 Å². The molecule has 4 aromatic rings. The van der Waals surface area contributed by atoms with E-state index >= 15 is 0 Å². The number of anilines is 1. The molecule has 0 radical (unpaired) electrons. The summed E-state index contributed by atoms with van der Waals surface area (Å²) in [6.45, 7) is 1.02. The first kappa shape index (κ1) is 18.3. The van der Waals surface area contributed by atoms with Crippen molar-refractivity contribution in [1.29, 1.82) is 0 Å². The van der Waals surface area contributed by atoms with Crippen LogP contribution >= 0.6 is 0 Å². The Morgan fingerprint density at radius 2 is 1.80 bits per heavy atom. The maximum atomic E-state index is 12.9. The maximum Gasteiger partial charge on any atom is 0.276 e. The Balaban J connectivity index is 1.41. The molecular formula is C23H21N5O2. The van der Waals surface area contributed by atoms with Crippen LogP contribution in [-0.2, 0) is 20.0 Å². The van der Waals surface area contributed by atoms with Crippen LogP contribution in [0.25, 0.3) is 22.0 Å². The van der Waals surface area contributed by atoms with Gasteiger partial charge in [-0.25, -0.2) is 9.67 Å². The van der Waals surface area contributed by atoms with E-state index in [-0.39, 0.29) is 17.2 Å². The molecule has 1 aliphatic heterocycles. The number of carbonyl (C=O) groups is 1. The third kappa shape index (κ3) is 3.18. The first-order chi connectivity index (χ1) is 14.6. The van der Waals surface area contributed by atoms with Crippen LogP contribution in [0.2, 0.25) is 0 Å². The fourth-order valence-corrected chi connectivity index (χ4v) is 3.93. The van der Waals surface area contributed by atoms with E-state index in [1.165, 1.54) is 17.5 Å². The van der Waals surface area contributed by atoms with Crippen molar-refractivity contribution < 1.29 is 4.79 Å². The van der Waals surface area contributed by atoms with Crippen LogP contribution in [0.15, 0.2) is 59.5 Å². The topological polar surface area (TPSA) is 81.8 Å². The minimum Gasteiger partial charge on any atom is -0.334 e. The molecule has 150 valence electrons. The molecule has 3 heterocycles.